The average molecular weight is 1990 g/mol. The van der Waals surface area contributed by atoms with Crippen molar-refractivity contribution < 1.29 is 47.7 Å². The van der Waals surface area contributed by atoms with Crippen LogP contribution in [0.5, 0.6) is 0 Å². The number of ether oxygens (including phenoxy) is 4. The molecule has 0 aliphatic heterocycles. The van der Waals surface area contributed by atoms with Crippen LogP contribution in [0.1, 0.15) is 609 Å². The molecule has 0 saturated carbocycles. The Morgan fingerprint density at radius 2 is 0.397 bits per heavy atom. The fraction of sp³-hybridized carbons (Fsp3) is 0.952. The van der Waals surface area contributed by atoms with E-state index in [0.29, 0.717) is 51.1 Å². The molecule has 5 atom stereocenters. The molecule has 0 rings (SSSR count). The minimum absolute atomic E-state index is 0.0214. The highest BCUT2D eigenvalue weighted by atomic mass is 16.5. The number of esters is 4. The van der Waals surface area contributed by atoms with Gasteiger partial charge in [0.1, 0.15) is 0 Å². The van der Waals surface area contributed by atoms with Crippen molar-refractivity contribution in [2.75, 3.05) is 132 Å². The van der Waals surface area contributed by atoms with Crippen LogP contribution in [0.25, 0.3) is 0 Å². The smallest absolute Gasteiger partial charge is 0.309 e. The van der Waals surface area contributed by atoms with E-state index >= 15 is 0 Å². The van der Waals surface area contributed by atoms with Gasteiger partial charge in [-0.3, -0.25) is 28.8 Å². The van der Waals surface area contributed by atoms with Crippen molar-refractivity contribution in [2.24, 2.45) is 29.6 Å². The molecule has 2 amide bonds. The third kappa shape index (κ3) is 88.2. The Kier molecular flexibility index (Phi) is 105. The van der Waals surface area contributed by atoms with Crippen LogP contribution in [0, 0.1) is 29.6 Å². The lowest BCUT2D eigenvalue weighted by atomic mass is 9.80. The molecule has 0 aromatic rings. The van der Waals surface area contributed by atoms with Gasteiger partial charge in [-0.2, -0.15) is 0 Å². The summed E-state index contributed by atoms with van der Waals surface area (Å²) in [4.78, 5) is 96.6. The lowest BCUT2D eigenvalue weighted by molar-refractivity contribution is -0.152. The summed E-state index contributed by atoms with van der Waals surface area (Å²) in [5, 5.41) is 0. The van der Waals surface area contributed by atoms with Crippen LogP contribution in [0.4, 0.5) is 0 Å². The molecule has 0 aliphatic rings. The fourth-order valence-corrected chi connectivity index (χ4v) is 21.2. The number of hydrogen-bond acceptors (Lipinski definition) is 14. The van der Waals surface area contributed by atoms with E-state index < -0.39 is 0 Å². The first-order valence-electron chi connectivity index (χ1n) is 63.1. The number of likely N-dealkylation sites (N-methyl/N-ethyl adjacent to an activating group) is 1. The van der Waals surface area contributed by atoms with Crippen LogP contribution >= 0.6 is 0 Å². The fourth-order valence-electron chi connectivity index (χ4n) is 21.2. The number of hydrogen-bond donors (Lipinski definition) is 0. The zero-order valence-electron chi connectivity index (χ0n) is 97.1. The van der Waals surface area contributed by atoms with Gasteiger partial charge in [0.05, 0.1) is 50.1 Å². The van der Waals surface area contributed by atoms with Crippen LogP contribution < -0.4 is 0 Å². The third-order valence-corrected chi connectivity index (χ3v) is 31.0. The van der Waals surface area contributed by atoms with E-state index in [9.17, 15) is 28.8 Å². The molecular weight excluding hydrogens is 1750 g/mol. The molecule has 0 N–H and O–H groups in total. The second-order valence-corrected chi connectivity index (χ2v) is 44.2. The second kappa shape index (κ2) is 108. The van der Waals surface area contributed by atoms with Gasteiger partial charge in [-0.05, 0) is 240 Å². The molecule has 0 aromatic heterocycles. The Bertz CT molecular complexity index is 2630. The molecule has 0 aromatic carbocycles. The summed E-state index contributed by atoms with van der Waals surface area (Å²) in [6.45, 7) is 40.5. The highest BCUT2D eigenvalue weighted by Gasteiger charge is 2.30. The van der Waals surface area contributed by atoms with Crippen molar-refractivity contribution in [1.82, 2.24) is 29.4 Å². The molecule has 0 fully saturated rings. The topological polar surface area (TPSA) is 159 Å². The highest BCUT2D eigenvalue weighted by Crippen LogP contribution is 2.33. The number of nitrogens with zero attached hydrogens (tertiary/aromatic N) is 6. The first kappa shape index (κ1) is 138. The molecule has 0 saturated heterocycles. The molecule has 0 spiro atoms. The van der Waals surface area contributed by atoms with Gasteiger partial charge in [0.15, 0.2) is 0 Å². The van der Waals surface area contributed by atoms with Crippen molar-refractivity contribution in [1.29, 1.82) is 0 Å². The van der Waals surface area contributed by atoms with Gasteiger partial charge in [-0.15, -0.1) is 0 Å². The zero-order valence-corrected chi connectivity index (χ0v) is 97.1. The molecule has 0 aliphatic carbocycles. The minimum Gasteiger partial charge on any atom is -0.465 e. The maximum absolute atomic E-state index is 14.6. The first-order valence-corrected chi connectivity index (χ1v) is 63.1. The van der Waals surface area contributed by atoms with E-state index in [1.54, 1.807) is 0 Å². The summed E-state index contributed by atoms with van der Waals surface area (Å²) in [5.41, 5.74) is 0. The number of unbranched alkanes of at least 4 members (excludes halogenated alkanes) is 55. The standard InChI is InChI=1S/C125H246N6O10/c1-14-25-34-43-49-68-92-116(90-64-40-31-20-7)122(134)138-111-83-60-56-74-102-128(106-82-81-100-126(12)99-80-73-97-121(133)131(107-78-54-46-37-28-17-4)108-79-55-47-38-29-18-5)103-75-57-63-86-114-141-125(137)119(96-72-42-33-22-9)115(88-66-48-39-30-19-6)89-67-52-53-71-95-118(94-70-51-45-36-27-16-3)124(136)140-113-85-62-59-77-105-129(110-109-127(13)101-87-98-120(132)130(23-10)24-11)104-76-58-61-84-112-139-123(135)117(91-65-41-32-21-8)93-69-50-44-35-26-15-2/h115-119H,14-114H2,1-13H3. The van der Waals surface area contributed by atoms with Crippen molar-refractivity contribution in [3.63, 3.8) is 0 Å². The Labute approximate surface area is 878 Å². The van der Waals surface area contributed by atoms with Crippen LogP contribution in [-0.2, 0) is 47.7 Å². The Hall–Kier alpha value is -3.34. The molecule has 0 heterocycles. The van der Waals surface area contributed by atoms with Crippen LogP contribution in [-0.4, -0.2) is 197 Å². The SMILES string of the molecule is CCCCCCCCC(CCCCCC)C(=O)OCCCCCCN(CCCCCCOC(=O)C(CCCCCC)C(CCCCCCC)CCCCCCC(CCCCCCCC)C(=O)OCCCCCCN(CCCCCCOC(=O)C(CCCCCC)CCCCCCCC)CCN(C)CCCC(=O)N(CC)CC)CCCCN(C)CCCCC(=O)N(CCCCCCCC)CCCCCCCC. The van der Waals surface area contributed by atoms with E-state index in [1.165, 1.54) is 263 Å². The molecule has 0 bridgehead atoms. The molecule has 141 heavy (non-hydrogen) atoms. The average Bonchev–Trinajstić information content (AvgIpc) is 0.879. The van der Waals surface area contributed by atoms with Gasteiger partial charge >= 0.3 is 23.9 Å². The maximum Gasteiger partial charge on any atom is 0.309 e. The molecule has 836 valence electrons. The molecular formula is C125H246N6O10. The highest BCUT2D eigenvalue weighted by molar-refractivity contribution is 5.77. The predicted molar refractivity (Wildman–Crippen MR) is 608 cm³/mol. The van der Waals surface area contributed by atoms with E-state index in [2.05, 4.69) is 115 Å². The van der Waals surface area contributed by atoms with Gasteiger partial charge in [-0.25, -0.2) is 0 Å². The van der Waals surface area contributed by atoms with Crippen molar-refractivity contribution in [2.45, 2.75) is 609 Å². The summed E-state index contributed by atoms with van der Waals surface area (Å²) < 4.78 is 24.7. The number of carbonyl (C=O) groups excluding carboxylic acids is 6. The maximum atomic E-state index is 14.6. The van der Waals surface area contributed by atoms with Gasteiger partial charge < -0.3 is 48.3 Å². The molecule has 16 heteroatoms. The van der Waals surface area contributed by atoms with Crippen molar-refractivity contribution in [3.8, 4) is 0 Å². The number of amides is 2. The summed E-state index contributed by atoms with van der Waals surface area (Å²) in [6, 6.07) is 0. The van der Waals surface area contributed by atoms with Crippen LogP contribution in [0.2, 0.25) is 0 Å². The largest absolute Gasteiger partial charge is 0.465 e. The van der Waals surface area contributed by atoms with Crippen molar-refractivity contribution >= 4 is 35.7 Å². The minimum atomic E-state index is -0.0406. The van der Waals surface area contributed by atoms with E-state index in [-0.39, 0.29) is 53.5 Å². The van der Waals surface area contributed by atoms with Crippen molar-refractivity contribution in [3.05, 3.63) is 0 Å². The predicted octanol–water partition coefficient (Wildman–Crippen LogP) is 35.0. The Morgan fingerprint density at radius 3 is 0.716 bits per heavy atom. The quantitative estimate of drug-likeness (QED) is 0.0322. The number of carbonyl (C=O) groups is 6. The molecule has 16 nitrogen and oxygen atoms in total. The van der Waals surface area contributed by atoms with E-state index in [0.717, 1.165) is 348 Å². The van der Waals surface area contributed by atoms with Crippen LogP contribution in [0.3, 0.4) is 0 Å². The lowest BCUT2D eigenvalue weighted by Crippen LogP contribution is -2.35. The summed E-state index contributed by atoms with van der Waals surface area (Å²) in [5.74, 6) is 1.19. The van der Waals surface area contributed by atoms with Gasteiger partial charge in [0.2, 0.25) is 11.8 Å². The monoisotopic (exact) mass is 1990 g/mol. The first-order chi connectivity index (χ1) is 69.1. The molecule has 0 radical (unpaired) electrons. The number of rotatable bonds is 115. The Balaban J connectivity index is 6.04. The summed E-state index contributed by atoms with van der Waals surface area (Å²) in [6.07, 6.45) is 94.7. The zero-order chi connectivity index (χ0) is 103. The van der Waals surface area contributed by atoms with E-state index in [4.69, 9.17) is 18.9 Å². The van der Waals surface area contributed by atoms with Gasteiger partial charge in [0.25, 0.3) is 0 Å². The normalized spacial score (nSPS) is 12.9. The van der Waals surface area contributed by atoms with Gasteiger partial charge in [-0.1, -0.05) is 428 Å². The van der Waals surface area contributed by atoms with Gasteiger partial charge in [0, 0.05) is 52.1 Å². The third-order valence-electron chi connectivity index (χ3n) is 31.0. The molecule has 5 unspecified atom stereocenters. The second-order valence-electron chi connectivity index (χ2n) is 44.2. The Morgan fingerprint density at radius 1 is 0.184 bits per heavy atom. The van der Waals surface area contributed by atoms with Crippen LogP contribution in [0.15, 0.2) is 0 Å². The van der Waals surface area contributed by atoms with E-state index in [1.807, 2.05) is 4.90 Å². The summed E-state index contributed by atoms with van der Waals surface area (Å²) in [7, 11) is 4.48. The summed E-state index contributed by atoms with van der Waals surface area (Å²) >= 11 is 0. The lowest BCUT2D eigenvalue weighted by Gasteiger charge is -2.26.